The van der Waals surface area contributed by atoms with Gasteiger partial charge in [-0.3, -0.25) is 4.79 Å². The zero-order valence-corrected chi connectivity index (χ0v) is 18.2. The third-order valence-corrected chi connectivity index (χ3v) is 4.47. The molecule has 0 bridgehead atoms. The van der Waals surface area contributed by atoms with Gasteiger partial charge in [0, 0.05) is 32.7 Å². The Labute approximate surface area is 177 Å². The van der Waals surface area contributed by atoms with Gasteiger partial charge in [-0.1, -0.05) is 29.8 Å². The molecule has 0 atom stereocenters. The predicted molar refractivity (Wildman–Crippen MR) is 118 cm³/mol. The maximum absolute atomic E-state index is 12.4. The molecule has 27 heavy (non-hydrogen) atoms. The number of aliphatic imine (C=N–C) groups is 1. The van der Waals surface area contributed by atoms with Gasteiger partial charge in [-0.25, -0.2) is 4.99 Å². The predicted octanol–water partition coefficient (Wildman–Crippen LogP) is 3.13. The summed E-state index contributed by atoms with van der Waals surface area (Å²) in [4.78, 5) is 21.2. The van der Waals surface area contributed by atoms with Gasteiger partial charge < -0.3 is 19.5 Å². The Balaban J connectivity index is 0.00000261. The first-order chi connectivity index (χ1) is 12.7. The summed E-state index contributed by atoms with van der Waals surface area (Å²) in [7, 11) is 0. The summed E-state index contributed by atoms with van der Waals surface area (Å²) in [6.07, 6.45) is 1.53. The first-order valence-corrected chi connectivity index (χ1v) is 9.09. The van der Waals surface area contributed by atoms with Crippen LogP contribution in [0.5, 0.6) is 0 Å². The van der Waals surface area contributed by atoms with Crippen molar-refractivity contribution in [3.8, 4) is 0 Å². The first kappa shape index (κ1) is 21.3. The topological polar surface area (TPSA) is 61.1 Å². The molecule has 2 heterocycles. The second-order valence-corrected chi connectivity index (χ2v) is 6.41. The lowest BCUT2D eigenvalue weighted by molar-refractivity contribution is 0.0657. The first-order valence-electron chi connectivity index (χ1n) is 9.09. The molecule has 3 rings (SSSR count). The SMILES string of the molecule is CCNC(=NCc1ccc(C)cc1)N1CCN(C(=O)c2ccco2)CC1.I. The van der Waals surface area contributed by atoms with Crippen molar-refractivity contribution in [2.45, 2.75) is 20.4 Å². The van der Waals surface area contributed by atoms with E-state index in [0.717, 1.165) is 25.6 Å². The Bertz CT molecular complexity index is 736. The van der Waals surface area contributed by atoms with Crippen molar-refractivity contribution in [1.29, 1.82) is 0 Å². The van der Waals surface area contributed by atoms with Crippen LogP contribution in [0.25, 0.3) is 0 Å². The molecule has 6 nitrogen and oxygen atoms in total. The van der Waals surface area contributed by atoms with E-state index in [-0.39, 0.29) is 29.9 Å². The normalized spacial score (nSPS) is 14.7. The molecule has 2 aromatic rings. The van der Waals surface area contributed by atoms with Crippen molar-refractivity contribution in [2.24, 2.45) is 4.99 Å². The Kier molecular flexibility index (Phi) is 8.15. The monoisotopic (exact) mass is 482 g/mol. The Morgan fingerprint density at radius 3 is 2.37 bits per heavy atom. The van der Waals surface area contributed by atoms with Crippen LogP contribution in [0, 0.1) is 6.92 Å². The number of piperazine rings is 1. The Morgan fingerprint density at radius 2 is 1.78 bits per heavy atom. The van der Waals surface area contributed by atoms with Crippen LogP contribution in [0.1, 0.15) is 28.6 Å². The molecule has 1 aromatic carbocycles. The highest BCUT2D eigenvalue weighted by Crippen LogP contribution is 2.10. The maximum atomic E-state index is 12.4. The van der Waals surface area contributed by atoms with Crippen molar-refractivity contribution < 1.29 is 9.21 Å². The van der Waals surface area contributed by atoms with E-state index < -0.39 is 0 Å². The van der Waals surface area contributed by atoms with Crippen molar-refractivity contribution in [3.63, 3.8) is 0 Å². The van der Waals surface area contributed by atoms with Crippen LogP contribution >= 0.6 is 24.0 Å². The maximum Gasteiger partial charge on any atom is 0.289 e. The number of nitrogens with zero attached hydrogens (tertiary/aromatic N) is 3. The number of carbonyl (C=O) groups is 1. The number of guanidine groups is 1. The Hall–Kier alpha value is -2.03. The molecule has 1 aromatic heterocycles. The van der Waals surface area contributed by atoms with E-state index in [1.807, 2.05) is 4.90 Å². The third-order valence-electron chi connectivity index (χ3n) is 4.47. The Morgan fingerprint density at radius 1 is 1.11 bits per heavy atom. The van der Waals surface area contributed by atoms with Crippen LogP contribution in [0.15, 0.2) is 52.1 Å². The third kappa shape index (κ3) is 5.72. The zero-order valence-electron chi connectivity index (χ0n) is 15.9. The molecule has 1 aliphatic rings. The van der Waals surface area contributed by atoms with Gasteiger partial charge in [0.05, 0.1) is 12.8 Å². The fourth-order valence-electron chi connectivity index (χ4n) is 2.96. The van der Waals surface area contributed by atoms with Gasteiger partial charge in [0.25, 0.3) is 5.91 Å². The van der Waals surface area contributed by atoms with Crippen LogP contribution in [0.3, 0.4) is 0 Å². The van der Waals surface area contributed by atoms with Gasteiger partial charge in [-0.05, 0) is 31.5 Å². The molecule has 1 amide bonds. The highest BCUT2D eigenvalue weighted by molar-refractivity contribution is 14.0. The molecule has 1 fully saturated rings. The zero-order chi connectivity index (χ0) is 18.4. The molecule has 0 aliphatic carbocycles. The molecule has 0 saturated carbocycles. The lowest BCUT2D eigenvalue weighted by Crippen LogP contribution is -2.53. The summed E-state index contributed by atoms with van der Waals surface area (Å²) in [5, 5.41) is 3.36. The summed E-state index contributed by atoms with van der Waals surface area (Å²) < 4.78 is 5.22. The summed E-state index contributed by atoms with van der Waals surface area (Å²) in [5.41, 5.74) is 2.44. The molecular weight excluding hydrogens is 455 g/mol. The second-order valence-electron chi connectivity index (χ2n) is 6.41. The fraction of sp³-hybridized carbons (Fsp3) is 0.400. The number of aryl methyl sites for hydroxylation is 1. The number of hydrogen-bond donors (Lipinski definition) is 1. The highest BCUT2D eigenvalue weighted by atomic mass is 127. The second kappa shape index (κ2) is 10.3. The van der Waals surface area contributed by atoms with Gasteiger partial charge in [-0.2, -0.15) is 0 Å². The van der Waals surface area contributed by atoms with Crippen LogP contribution in [0.4, 0.5) is 0 Å². The van der Waals surface area contributed by atoms with Crippen LogP contribution in [-0.2, 0) is 6.54 Å². The van der Waals surface area contributed by atoms with E-state index in [2.05, 4.69) is 48.3 Å². The van der Waals surface area contributed by atoms with Gasteiger partial charge >= 0.3 is 0 Å². The van der Waals surface area contributed by atoms with Crippen LogP contribution in [0.2, 0.25) is 0 Å². The van der Waals surface area contributed by atoms with E-state index in [4.69, 9.17) is 9.41 Å². The molecular formula is C20H27IN4O2. The van der Waals surface area contributed by atoms with Gasteiger partial charge in [-0.15, -0.1) is 24.0 Å². The van der Waals surface area contributed by atoms with E-state index in [9.17, 15) is 4.79 Å². The van der Waals surface area contributed by atoms with Gasteiger partial charge in [0.1, 0.15) is 0 Å². The number of benzene rings is 1. The van der Waals surface area contributed by atoms with Crippen molar-refractivity contribution in [2.75, 3.05) is 32.7 Å². The fourth-order valence-corrected chi connectivity index (χ4v) is 2.96. The molecule has 0 unspecified atom stereocenters. The minimum atomic E-state index is -0.0451. The molecule has 1 aliphatic heterocycles. The average molecular weight is 482 g/mol. The average Bonchev–Trinajstić information content (AvgIpc) is 3.21. The van der Waals surface area contributed by atoms with Crippen molar-refractivity contribution in [1.82, 2.24) is 15.1 Å². The number of nitrogens with one attached hydrogen (secondary N) is 1. The summed E-state index contributed by atoms with van der Waals surface area (Å²) >= 11 is 0. The van der Waals surface area contributed by atoms with E-state index in [0.29, 0.717) is 25.4 Å². The number of furan rings is 1. The molecule has 1 saturated heterocycles. The minimum absolute atomic E-state index is 0. The number of halogens is 1. The standard InChI is InChI=1S/C20H26N4O2.HI/c1-3-21-20(22-15-17-8-6-16(2)7-9-17)24-12-10-23(11-13-24)19(25)18-5-4-14-26-18;/h4-9,14H,3,10-13,15H2,1-2H3,(H,21,22);1H. The minimum Gasteiger partial charge on any atom is -0.459 e. The molecule has 146 valence electrons. The smallest absolute Gasteiger partial charge is 0.289 e. The van der Waals surface area contributed by atoms with Crippen LogP contribution < -0.4 is 5.32 Å². The quantitative estimate of drug-likeness (QED) is 0.414. The number of amides is 1. The van der Waals surface area contributed by atoms with Gasteiger partial charge in [0.15, 0.2) is 11.7 Å². The van der Waals surface area contributed by atoms with Crippen molar-refractivity contribution >= 4 is 35.8 Å². The summed E-state index contributed by atoms with van der Waals surface area (Å²) in [6.45, 7) is 8.45. The van der Waals surface area contributed by atoms with E-state index in [1.54, 1.807) is 12.1 Å². The summed E-state index contributed by atoms with van der Waals surface area (Å²) in [6, 6.07) is 11.9. The van der Waals surface area contributed by atoms with Crippen LogP contribution in [-0.4, -0.2) is 54.4 Å². The lowest BCUT2D eigenvalue weighted by Gasteiger charge is -2.36. The molecule has 1 N–H and O–H groups in total. The molecule has 0 spiro atoms. The van der Waals surface area contributed by atoms with E-state index in [1.165, 1.54) is 17.4 Å². The van der Waals surface area contributed by atoms with Crippen molar-refractivity contribution in [3.05, 3.63) is 59.5 Å². The molecule has 0 radical (unpaired) electrons. The highest BCUT2D eigenvalue weighted by Gasteiger charge is 2.25. The largest absolute Gasteiger partial charge is 0.459 e. The van der Waals surface area contributed by atoms with Gasteiger partial charge in [0.2, 0.25) is 0 Å². The summed E-state index contributed by atoms with van der Waals surface area (Å²) in [5.74, 6) is 1.26. The van der Waals surface area contributed by atoms with E-state index >= 15 is 0 Å². The lowest BCUT2D eigenvalue weighted by atomic mass is 10.1. The number of hydrogen-bond acceptors (Lipinski definition) is 3. The number of carbonyl (C=O) groups excluding carboxylic acids is 1. The molecule has 7 heteroatoms. The number of rotatable bonds is 4.